The van der Waals surface area contributed by atoms with Crippen LogP contribution in [0.4, 0.5) is 0 Å². The number of piperidine rings is 1. The summed E-state index contributed by atoms with van der Waals surface area (Å²) in [7, 11) is 0. The molecule has 1 aliphatic rings. The molecule has 0 bridgehead atoms. The van der Waals surface area contributed by atoms with Crippen LogP contribution in [0.3, 0.4) is 0 Å². The lowest BCUT2D eigenvalue weighted by molar-refractivity contribution is -0.737. The van der Waals surface area contributed by atoms with Crippen molar-refractivity contribution < 1.29 is 17.7 Å². The fourth-order valence-corrected chi connectivity index (χ4v) is 2.81. The molecule has 1 aromatic rings. The Hall–Kier alpha value is -0.530. The topological polar surface area (TPSA) is 16.6 Å². The molecule has 96 valence electrons. The van der Waals surface area contributed by atoms with E-state index in [4.69, 9.17) is 0 Å². The van der Waals surface area contributed by atoms with E-state index in [1.807, 2.05) is 0 Å². The maximum absolute atomic E-state index is 2.62. The molecule has 2 N–H and O–H groups in total. The van der Waals surface area contributed by atoms with Crippen LogP contribution >= 0.6 is 0 Å². The molecule has 17 heavy (non-hydrogen) atoms. The maximum Gasteiger partial charge on any atom is 0.112 e. The molecule has 1 aliphatic heterocycles. The monoisotopic (exact) mass is 253 g/mol. The largest absolute Gasteiger partial charge is 1.00 e. The molecule has 0 amide bonds. The van der Waals surface area contributed by atoms with Gasteiger partial charge in [-0.3, -0.25) is 0 Å². The van der Waals surface area contributed by atoms with Crippen LogP contribution in [-0.4, -0.2) is 6.04 Å². The van der Waals surface area contributed by atoms with Gasteiger partial charge in [0.05, 0.1) is 6.04 Å². The summed E-state index contributed by atoms with van der Waals surface area (Å²) < 4.78 is 0. The summed E-state index contributed by atoms with van der Waals surface area (Å²) >= 11 is 0. The zero-order valence-corrected chi connectivity index (χ0v) is 11.5. The van der Waals surface area contributed by atoms with Gasteiger partial charge in [-0.25, -0.2) is 0 Å². The summed E-state index contributed by atoms with van der Waals surface area (Å²) in [4.78, 5) is 0. The Labute approximate surface area is 111 Å². The molecule has 1 aromatic carbocycles. The van der Waals surface area contributed by atoms with Gasteiger partial charge in [-0.05, 0) is 25.7 Å². The molecule has 0 aliphatic carbocycles. The third kappa shape index (κ3) is 4.33. The van der Waals surface area contributed by atoms with Crippen molar-refractivity contribution in [2.75, 3.05) is 0 Å². The van der Waals surface area contributed by atoms with Crippen LogP contribution in [0.25, 0.3) is 0 Å². The molecular formula is C15H24ClN. The summed E-state index contributed by atoms with van der Waals surface area (Å²) in [6.07, 6.45) is 8.31. The number of rotatable bonds is 4. The molecule has 1 heterocycles. The van der Waals surface area contributed by atoms with Crippen LogP contribution in [0.15, 0.2) is 30.3 Å². The maximum atomic E-state index is 2.62. The predicted molar refractivity (Wildman–Crippen MR) is 68.3 cm³/mol. The Bertz CT molecular complexity index is 299. The Morgan fingerprint density at radius 1 is 1.18 bits per heavy atom. The molecule has 2 heteroatoms. The van der Waals surface area contributed by atoms with E-state index in [1.165, 1.54) is 44.1 Å². The summed E-state index contributed by atoms with van der Waals surface area (Å²) in [5, 5.41) is 2.62. The molecule has 0 saturated carbocycles. The zero-order chi connectivity index (χ0) is 11.2. The van der Waals surface area contributed by atoms with Crippen molar-refractivity contribution in [1.82, 2.24) is 0 Å². The van der Waals surface area contributed by atoms with E-state index in [0.717, 1.165) is 12.1 Å². The van der Waals surface area contributed by atoms with Crippen molar-refractivity contribution in [3.63, 3.8) is 0 Å². The SMILES string of the molecule is CCCC[C@H]1CCC[C@@H](c2ccccc2)[NH2+]1.[Cl-]. The van der Waals surface area contributed by atoms with Gasteiger partial charge >= 0.3 is 0 Å². The summed E-state index contributed by atoms with van der Waals surface area (Å²) in [5.74, 6) is 0. The average molecular weight is 254 g/mol. The van der Waals surface area contributed by atoms with E-state index in [0.29, 0.717) is 0 Å². The van der Waals surface area contributed by atoms with Crippen molar-refractivity contribution in [3.8, 4) is 0 Å². The highest BCUT2D eigenvalue weighted by atomic mass is 35.5. The second kappa shape index (κ2) is 7.73. The lowest BCUT2D eigenvalue weighted by Gasteiger charge is -2.28. The number of hydrogen-bond donors (Lipinski definition) is 1. The van der Waals surface area contributed by atoms with E-state index in [1.54, 1.807) is 0 Å². The van der Waals surface area contributed by atoms with Gasteiger partial charge in [-0.15, -0.1) is 0 Å². The van der Waals surface area contributed by atoms with E-state index in [-0.39, 0.29) is 12.4 Å². The number of unbranched alkanes of at least 4 members (excludes halogenated alkanes) is 1. The fraction of sp³-hybridized carbons (Fsp3) is 0.600. The molecule has 0 unspecified atom stereocenters. The highest BCUT2D eigenvalue weighted by Crippen LogP contribution is 2.21. The van der Waals surface area contributed by atoms with Gasteiger partial charge in [0.1, 0.15) is 6.04 Å². The first-order valence-corrected chi connectivity index (χ1v) is 6.80. The Morgan fingerprint density at radius 3 is 2.65 bits per heavy atom. The predicted octanol–water partition coefficient (Wildman–Crippen LogP) is 0.0378. The second-order valence-corrected chi connectivity index (χ2v) is 5.04. The van der Waals surface area contributed by atoms with Crippen LogP contribution in [0.5, 0.6) is 0 Å². The molecule has 2 atom stereocenters. The smallest absolute Gasteiger partial charge is 0.112 e. The van der Waals surface area contributed by atoms with Crippen LogP contribution in [0.2, 0.25) is 0 Å². The molecule has 0 radical (unpaired) electrons. The highest BCUT2D eigenvalue weighted by Gasteiger charge is 2.25. The van der Waals surface area contributed by atoms with Crippen LogP contribution in [-0.2, 0) is 0 Å². The number of halogens is 1. The van der Waals surface area contributed by atoms with Gasteiger partial charge in [0.15, 0.2) is 0 Å². The van der Waals surface area contributed by atoms with E-state index >= 15 is 0 Å². The molecule has 2 rings (SSSR count). The van der Waals surface area contributed by atoms with Crippen molar-refractivity contribution in [1.29, 1.82) is 0 Å². The third-order valence-corrected chi connectivity index (χ3v) is 3.75. The van der Waals surface area contributed by atoms with Gasteiger partial charge < -0.3 is 17.7 Å². The van der Waals surface area contributed by atoms with Gasteiger partial charge in [0.2, 0.25) is 0 Å². The van der Waals surface area contributed by atoms with Crippen molar-refractivity contribution in [3.05, 3.63) is 35.9 Å². The van der Waals surface area contributed by atoms with E-state index in [9.17, 15) is 0 Å². The first kappa shape index (κ1) is 14.5. The summed E-state index contributed by atoms with van der Waals surface area (Å²) in [6, 6.07) is 12.6. The zero-order valence-electron chi connectivity index (χ0n) is 10.7. The normalized spacial score (nSPS) is 24.1. The van der Waals surface area contributed by atoms with Crippen molar-refractivity contribution in [2.45, 2.75) is 57.5 Å². The van der Waals surface area contributed by atoms with E-state index < -0.39 is 0 Å². The Morgan fingerprint density at radius 2 is 1.94 bits per heavy atom. The van der Waals surface area contributed by atoms with Gasteiger partial charge in [-0.2, -0.15) is 0 Å². The molecule has 0 spiro atoms. The highest BCUT2D eigenvalue weighted by molar-refractivity contribution is 5.17. The lowest BCUT2D eigenvalue weighted by Crippen LogP contribution is -3.00. The minimum absolute atomic E-state index is 0. The van der Waals surface area contributed by atoms with Gasteiger partial charge in [-0.1, -0.05) is 43.7 Å². The first-order valence-electron chi connectivity index (χ1n) is 6.80. The van der Waals surface area contributed by atoms with Crippen LogP contribution < -0.4 is 17.7 Å². The number of benzene rings is 1. The fourth-order valence-electron chi connectivity index (χ4n) is 2.81. The second-order valence-electron chi connectivity index (χ2n) is 5.04. The number of quaternary nitrogens is 1. The summed E-state index contributed by atoms with van der Waals surface area (Å²) in [5.41, 5.74) is 1.52. The minimum Gasteiger partial charge on any atom is -1.00 e. The Kier molecular flexibility index (Phi) is 6.61. The molecule has 1 saturated heterocycles. The third-order valence-electron chi connectivity index (χ3n) is 3.75. The Balaban J connectivity index is 0.00000144. The molecule has 1 nitrogen and oxygen atoms in total. The quantitative estimate of drug-likeness (QED) is 0.781. The van der Waals surface area contributed by atoms with Crippen molar-refractivity contribution >= 4 is 0 Å². The standard InChI is InChI=1S/C15H23N.ClH/c1-2-3-10-14-11-7-12-15(16-14)13-8-5-4-6-9-13;/h4-6,8-9,14-16H,2-3,7,10-12H2,1H3;1H/t14-,15-;/m0./s1. The van der Waals surface area contributed by atoms with Gasteiger partial charge in [0.25, 0.3) is 0 Å². The molecule has 1 fully saturated rings. The number of nitrogens with two attached hydrogens (primary N) is 1. The summed E-state index contributed by atoms with van der Waals surface area (Å²) in [6.45, 7) is 2.29. The van der Waals surface area contributed by atoms with E-state index in [2.05, 4.69) is 42.6 Å². The average Bonchev–Trinajstić information content (AvgIpc) is 2.38. The lowest BCUT2D eigenvalue weighted by atomic mass is 9.91. The van der Waals surface area contributed by atoms with Gasteiger partial charge in [0, 0.05) is 12.0 Å². The first-order chi connectivity index (χ1) is 7.90. The molecular weight excluding hydrogens is 230 g/mol. The minimum atomic E-state index is 0. The molecule has 0 aromatic heterocycles. The van der Waals surface area contributed by atoms with Crippen molar-refractivity contribution in [2.24, 2.45) is 0 Å². The van der Waals surface area contributed by atoms with Crippen LogP contribution in [0, 0.1) is 0 Å². The van der Waals surface area contributed by atoms with Crippen LogP contribution in [0.1, 0.15) is 57.1 Å². The number of hydrogen-bond acceptors (Lipinski definition) is 0.